The van der Waals surface area contributed by atoms with Crippen molar-refractivity contribution in [2.24, 2.45) is 0 Å². The van der Waals surface area contributed by atoms with E-state index < -0.39 is 14.1 Å². The van der Waals surface area contributed by atoms with Crippen molar-refractivity contribution in [1.82, 2.24) is 0 Å². The van der Waals surface area contributed by atoms with E-state index in [-0.39, 0.29) is 51.8 Å². The molecule has 0 bridgehead atoms. The van der Waals surface area contributed by atoms with Gasteiger partial charge in [0.25, 0.3) is 5.69 Å². The molecule has 9 heteroatoms. The van der Waals surface area contributed by atoms with Crippen molar-refractivity contribution in [1.29, 1.82) is 0 Å². The molecule has 1 aromatic carbocycles. The first-order valence-electron chi connectivity index (χ1n) is 3.72. The zero-order chi connectivity index (χ0) is 11.5. The second kappa shape index (κ2) is 6.58. The van der Waals surface area contributed by atoms with E-state index in [1.807, 2.05) is 0 Å². The molecule has 0 atom stereocenters. The van der Waals surface area contributed by atoms with Gasteiger partial charge in [-0.1, -0.05) is 12.1 Å². The van der Waals surface area contributed by atoms with Crippen LogP contribution in [0.25, 0.3) is 0 Å². The zero-order valence-corrected chi connectivity index (χ0v) is 12.0. The van der Waals surface area contributed by atoms with Gasteiger partial charge in [-0.2, -0.15) is 0 Å². The molecule has 16 heavy (non-hydrogen) atoms. The van der Waals surface area contributed by atoms with E-state index in [4.69, 9.17) is 0 Å². The molecular formula is C7H6NNaO5S2. The van der Waals surface area contributed by atoms with E-state index in [1.54, 1.807) is 0 Å². The predicted octanol–water partition coefficient (Wildman–Crippen LogP) is -1.71. The van der Waals surface area contributed by atoms with Crippen LogP contribution in [0, 0.1) is 10.1 Å². The summed E-state index contributed by atoms with van der Waals surface area (Å²) in [5.41, 5.74) is 0.471. The van der Waals surface area contributed by atoms with Gasteiger partial charge in [0, 0.05) is 17.9 Å². The monoisotopic (exact) mass is 271 g/mol. The first-order valence-corrected chi connectivity index (χ1v) is 6.63. The first-order chi connectivity index (χ1) is 6.88. The second-order valence-corrected chi connectivity index (χ2v) is 5.87. The quantitative estimate of drug-likeness (QED) is 0.212. The third-order valence-electron chi connectivity index (χ3n) is 1.52. The van der Waals surface area contributed by atoms with Gasteiger partial charge < -0.3 is 4.55 Å². The van der Waals surface area contributed by atoms with Crippen LogP contribution < -0.4 is 29.6 Å². The molecule has 0 saturated carbocycles. The fourth-order valence-corrected chi connectivity index (χ4v) is 2.17. The van der Waals surface area contributed by atoms with Crippen LogP contribution in [0.5, 0.6) is 0 Å². The Labute approximate surface area is 118 Å². The van der Waals surface area contributed by atoms with E-state index in [2.05, 4.69) is 0 Å². The molecule has 82 valence electrons. The number of nitro benzene ring substituents is 1. The van der Waals surface area contributed by atoms with Crippen molar-refractivity contribution in [3.05, 3.63) is 39.9 Å². The Morgan fingerprint density at radius 2 is 1.75 bits per heavy atom. The summed E-state index contributed by atoms with van der Waals surface area (Å²) in [6.45, 7) is 0. The summed E-state index contributed by atoms with van der Waals surface area (Å²) in [6.07, 6.45) is 0. The Morgan fingerprint density at radius 3 is 2.12 bits per heavy atom. The molecule has 0 N–H and O–H groups in total. The third-order valence-corrected chi connectivity index (χ3v) is 3.48. The van der Waals surface area contributed by atoms with Gasteiger partial charge in [-0.3, -0.25) is 10.1 Å². The van der Waals surface area contributed by atoms with Gasteiger partial charge in [0.2, 0.25) is 0 Å². The van der Waals surface area contributed by atoms with Crippen LogP contribution in [-0.4, -0.2) is 17.9 Å². The first kappa shape index (κ1) is 15.9. The van der Waals surface area contributed by atoms with Crippen LogP contribution in [-0.2, 0) is 14.9 Å². The molecule has 0 aliphatic rings. The standard InChI is InChI=1S/C7H7NO5S2.Na/c9-8(10)7-3-1-6(2-4-7)5-14-15(11,12)13;/h1-4H,5H2,(H,11,12,13);/q;+1/p-1. The summed E-state index contributed by atoms with van der Waals surface area (Å²) in [4.78, 5) is 9.73. The maximum absolute atomic E-state index is 10.3. The Morgan fingerprint density at radius 1 is 1.25 bits per heavy atom. The molecule has 0 spiro atoms. The Balaban J connectivity index is 0.00000225. The van der Waals surface area contributed by atoms with Gasteiger partial charge in [-0.15, -0.1) is 0 Å². The number of nitrogens with zero attached hydrogens (tertiary/aromatic N) is 1. The Bertz CT molecular complexity index is 458. The maximum Gasteiger partial charge on any atom is 1.00 e. The zero-order valence-electron chi connectivity index (χ0n) is 8.32. The van der Waals surface area contributed by atoms with E-state index in [0.29, 0.717) is 5.56 Å². The van der Waals surface area contributed by atoms with Gasteiger partial charge in [0.15, 0.2) is 0 Å². The number of hydrogen-bond acceptors (Lipinski definition) is 6. The number of benzene rings is 1. The van der Waals surface area contributed by atoms with E-state index in [1.165, 1.54) is 24.3 Å². The Hall–Kier alpha value is -0.120. The Kier molecular flexibility index (Phi) is 6.53. The molecule has 0 saturated heterocycles. The van der Waals surface area contributed by atoms with Crippen LogP contribution in [0.4, 0.5) is 5.69 Å². The smallest absolute Gasteiger partial charge is 0.739 e. The van der Waals surface area contributed by atoms with E-state index in [0.717, 1.165) is 0 Å². The molecule has 0 unspecified atom stereocenters. The van der Waals surface area contributed by atoms with Crippen molar-refractivity contribution in [3.63, 3.8) is 0 Å². The fraction of sp³-hybridized carbons (Fsp3) is 0.143. The topological polar surface area (TPSA) is 100 Å². The average molecular weight is 271 g/mol. The van der Waals surface area contributed by atoms with Gasteiger partial charge in [0.1, 0.15) is 9.15 Å². The van der Waals surface area contributed by atoms with Gasteiger partial charge in [0.05, 0.1) is 4.92 Å². The summed E-state index contributed by atoms with van der Waals surface area (Å²) in [6, 6.07) is 5.34. The van der Waals surface area contributed by atoms with Crippen molar-refractivity contribution in [2.45, 2.75) is 5.75 Å². The van der Waals surface area contributed by atoms with Gasteiger partial charge in [-0.05, 0) is 16.4 Å². The van der Waals surface area contributed by atoms with Gasteiger partial charge >= 0.3 is 29.6 Å². The summed E-state index contributed by atoms with van der Waals surface area (Å²) < 4.78 is 30.8. The fourth-order valence-electron chi connectivity index (χ4n) is 0.854. The van der Waals surface area contributed by atoms with E-state index in [9.17, 15) is 23.1 Å². The van der Waals surface area contributed by atoms with Crippen LogP contribution in [0.2, 0.25) is 0 Å². The largest absolute Gasteiger partial charge is 1.00 e. The molecule has 0 aliphatic carbocycles. The number of non-ortho nitro benzene ring substituents is 1. The number of nitro groups is 1. The summed E-state index contributed by atoms with van der Waals surface area (Å²) >= 11 is 0. The molecular weight excluding hydrogens is 265 g/mol. The summed E-state index contributed by atoms with van der Waals surface area (Å²) in [7, 11) is -4.07. The average Bonchev–Trinajstić information content (AvgIpc) is 2.14. The molecule has 1 aromatic rings. The molecule has 0 aromatic heterocycles. The third kappa shape index (κ3) is 5.83. The molecule has 0 radical (unpaired) electrons. The SMILES string of the molecule is O=[N+]([O-])c1ccc(CSS(=O)(=O)[O-])cc1.[Na+]. The second-order valence-electron chi connectivity index (χ2n) is 2.59. The normalized spacial score (nSPS) is 10.6. The minimum absolute atomic E-state index is 0. The number of rotatable bonds is 4. The minimum Gasteiger partial charge on any atom is -0.739 e. The van der Waals surface area contributed by atoms with E-state index >= 15 is 0 Å². The predicted molar refractivity (Wildman–Crippen MR) is 54.1 cm³/mol. The molecule has 0 heterocycles. The van der Waals surface area contributed by atoms with Crippen LogP contribution in [0.15, 0.2) is 24.3 Å². The summed E-state index contributed by atoms with van der Waals surface area (Å²) in [5, 5.41) is 10.3. The molecule has 0 amide bonds. The molecule has 0 aliphatic heterocycles. The van der Waals surface area contributed by atoms with Crippen molar-refractivity contribution in [2.75, 3.05) is 0 Å². The van der Waals surface area contributed by atoms with Crippen LogP contribution >= 0.6 is 10.8 Å². The van der Waals surface area contributed by atoms with Gasteiger partial charge in [-0.25, -0.2) is 8.42 Å². The van der Waals surface area contributed by atoms with Crippen LogP contribution in [0.1, 0.15) is 5.56 Å². The molecule has 6 nitrogen and oxygen atoms in total. The molecule has 1 rings (SSSR count). The summed E-state index contributed by atoms with van der Waals surface area (Å²) in [5.74, 6) is -0.0101. The molecule has 0 fully saturated rings. The maximum atomic E-state index is 10.3. The van der Waals surface area contributed by atoms with Crippen LogP contribution in [0.3, 0.4) is 0 Å². The minimum atomic E-state index is -4.32. The van der Waals surface area contributed by atoms with Crippen molar-refractivity contribution < 1.29 is 47.5 Å². The van der Waals surface area contributed by atoms with Crippen molar-refractivity contribution >= 4 is 25.6 Å². The van der Waals surface area contributed by atoms with Crippen molar-refractivity contribution in [3.8, 4) is 0 Å². The number of hydrogen-bond donors (Lipinski definition) is 0.